The van der Waals surface area contributed by atoms with Crippen molar-refractivity contribution in [3.63, 3.8) is 0 Å². The van der Waals surface area contributed by atoms with E-state index in [1.54, 1.807) is 0 Å². The first-order valence-corrected chi connectivity index (χ1v) is 5.54. The fraction of sp³-hybridized carbons (Fsp3) is 1.00. The number of unbranched alkanes of at least 4 members (excludes halogenated alkanes) is 1. The molecular formula is C11H23NO. The molecule has 1 rings (SSSR count). The second-order valence-electron chi connectivity index (χ2n) is 4.56. The van der Waals surface area contributed by atoms with E-state index in [1.807, 2.05) is 0 Å². The first-order valence-electron chi connectivity index (χ1n) is 5.54. The van der Waals surface area contributed by atoms with Crippen LogP contribution < -0.4 is 5.32 Å². The zero-order valence-corrected chi connectivity index (χ0v) is 9.14. The Kier molecular flexibility index (Phi) is 3.74. The Morgan fingerprint density at radius 3 is 2.31 bits per heavy atom. The molecule has 0 amide bonds. The summed E-state index contributed by atoms with van der Waals surface area (Å²) >= 11 is 0. The molecular weight excluding hydrogens is 162 g/mol. The normalized spacial score (nSPS) is 40.6. The van der Waals surface area contributed by atoms with Gasteiger partial charge in [0.15, 0.2) is 0 Å². The molecule has 0 aromatic heterocycles. The van der Waals surface area contributed by atoms with Crippen LogP contribution >= 0.6 is 0 Å². The monoisotopic (exact) mass is 185 g/mol. The SMILES string of the molecule is CCCC[C@]1(O)[C@H](C)CNC[C@@H]1C. The molecule has 0 bridgehead atoms. The summed E-state index contributed by atoms with van der Waals surface area (Å²) in [7, 11) is 0. The van der Waals surface area contributed by atoms with Crippen LogP contribution in [0.4, 0.5) is 0 Å². The minimum Gasteiger partial charge on any atom is -0.389 e. The number of rotatable bonds is 3. The number of nitrogens with one attached hydrogen (secondary N) is 1. The second-order valence-corrected chi connectivity index (χ2v) is 4.56. The molecule has 0 aromatic rings. The van der Waals surface area contributed by atoms with Gasteiger partial charge in [-0.15, -0.1) is 0 Å². The molecule has 13 heavy (non-hydrogen) atoms. The predicted octanol–water partition coefficient (Wildman–Crippen LogP) is 1.78. The van der Waals surface area contributed by atoms with Crippen LogP contribution in [0.5, 0.6) is 0 Å². The van der Waals surface area contributed by atoms with Gasteiger partial charge in [-0.05, 0) is 18.3 Å². The van der Waals surface area contributed by atoms with Gasteiger partial charge in [0.05, 0.1) is 5.60 Å². The highest BCUT2D eigenvalue weighted by Crippen LogP contribution is 2.33. The van der Waals surface area contributed by atoms with Crippen LogP contribution in [0.25, 0.3) is 0 Å². The van der Waals surface area contributed by atoms with Gasteiger partial charge in [0.2, 0.25) is 0 Å². The molecule has 1 fully saturated rings. The Labute approximate surface area is 81.7 Å². The van der Waals surface area contributed by atoms with E-state index in [0.717, 1.165) is 25.9 Å². The highest BCUT2D eigenvalue weighted by Gasteiger charge is 2.40. The summed E-state index contributed by atoms with van der Waals surface area (Å²) < 4.78 is 0. The van der Waals surface area contributed by atoms with Gasteiger partial charge in [0, 0.05) is 13.1 Å². The third kappa shape index (κ3) is 2.23. The van der Waals surface area contributed by atoms with Crippen LogP contribution in [0, 0.1) is 11.8 Å². The van der Waals surface area contributed by atoms with E-state index in [0.29, 0.717) is 11.8 Å². The van der Waals surface area contributed by atoms with Crippen molar-refractivity contribution in [3.8, 4) is 0 Å². The summed E-state index contributed by atoms with van der Waals surface area (Å²) in [6, 6.07) is 0. The van der Waals surface area contributed by atoms with Gasteiger partial charge in [-0.25, -0.2) is 0 Å². The zero-order chi connectivity index (χ0) is 9.90. The molecule has 2 N–H and O–H groups in total. The first kappa shape index (κ1) is 11.0. The highest BCUT2D eigenvalue weighted by molar-refractivity contribution is 4.94. The molecule has 0 aromatic carbocycles. The van der Waals surface area contributed by atoms with Crippen molar-refractivity contribution in [1.29, 1.82) is 0 Å². The van der Waals surface area contributed by atoms with Gasteiger partial charge in [-0.3, -0.25) is 0 Å². The Hall–Kier alpha value is -0.0800. The molecule has 1 aliphatic rings. The number of piperidine rings is 1. The quantitative estimate of drug-likeness (QED) is 0.702. The number of hydrogen-bond donors (Lipinski definition) is 2. The van der Waals surface area contributed by atoms with E-state index in [4.69, 9.17) is 0 Å². The predicted molar refractivity (Wildman–Crippen MR) is 55.7 cm³/mol. The fourth-order valence-electron chi connectivity index (χ4n) is 2.31. The standard InChI is InChI=1S/C11H23NO/c1-4-5-6-11(13)9(2)7-12-8-10(11)3/h9-10,12-13H,4-8H2,1-3H3/t9-,10+,11+. The van der Waals surface area contributed by atoms with E-state index < -0.39 is 5.60 Å². The molecule has 0 spiro atoms. The van der Waals surface area contributed by atoms with E-state index in [1.165, 1.54) is 6.42 Å². The van der Waals surface area contributed by atoms with Crippen LogP contribution in [0.2, 0.25) is 0 Å². The topological polar surface area (TPSA) is 32.3 Å². The van der Waals surface area contributed by atoms with Gasteiger partial charge in [-0.2, -0.15) is 0 Å². The molecule has 1 aliphatic heterocycles. The molecule has 0 radical (unpaired) electrons. The molecule has 1 heterocycles. The summed E-state index contributed by atoms with van der Waals surface area (Å²) in [6.45, 7) is 8.41. The Bertz CT molecular complexity index is 148. The third-order valence-corrected chi connectivity index (χ3v) is 3.54. The lowest BCUT2D eigenvalue weighted by atomic mass is 9.73. The maximum Gasteiger partial charge on any atom is 0.0722 e. The van der Waals surface area contributed by atoms with Crippen molar-refractivity contribution in [3.05, 3.63) is 0 Å². The number of hydrogen-bond acceptors (Lipinski definition) is 2. The van der Waals surface area contributed by atoms with Crippen LogP contribution in [0.3, 0.4) is 0 Å². The van der Waals surface area contributed by atoms with Gasteiger partial charge >= 0.3 is 0 Å². The molecule has 0 unspecified atom stereocenters. The molecule has 2 nitrogen and oxygen atoms in total. The van der Waals surface area contributed by atoms with E-state index >= 15 is 0 Å². The Morgan fingerprint density at radius 2 is 1.85 bits per heavy atom. The average molecular weight is 185 g/mol. The van der Waals surface area contributed by atoms with Crippen molar-refractivity contribution in [1.82, 2.24) is 5.32 Å². The lowest BCUT2D eigenvalue weighted by Crippen LogP contribution is -2.54. The summed E-state index contributed by atoms with van der Waals surface area (Å²) in [5.74, 6) is 0.783. The maximum absolute atomic E-state index is 10.5. The minimum absolute atomic E-state index is 0.391. The van der Waals surface area contributed by atoms with Crippen molar-refractivity contribution in [2.75, 3.05) is 13.1 Å². The van der Waals surface area contributed by atoms with Crippen LogP contribution in [-0.4, -0.2) is 23.8 Å². The first-order chi connectivity index (χ1) is 6.11. The lowest BCUT2D eigenvalue weighted by molar-refractivity contribution is -0.0813. The summed E-state index contributed by atoms with van der Waals surface area (Å²) in [6.07, 6.45) is 3.29. The minimum atomic E-state index is -0.415. The van der Waals surface area contributed by atoms with Crippen LogP contribution in [0.15, 0.2) is 0 Å². The number of aliphatic hydroxyl groups is 1. The van der Waals surface area contributed by atoms with E-state index in [9.17, 15) is 5.11 Å². The van der Waals surface area contributed by atoms with Crippen molar-refractivity contribution in [2.45, 2.75) is 45.6 Å². The molecule has 0 saturated carbocycles. The Morgan fingerprint density at radius 1 is 1.31 bits per heavy atom. The smallest absolute Gasteiger partial charge is 0.0722 e. The second kappa shape index (κ2) is 4.43. The van der Waals surface area contributed by atoms with Crippen LogP contribution in [-0.2, 0) is 0 Å². The van der Waals surface area contributed by atoms with Crippen molar-refractivity contribution >= 4 is 0 Å². The largest absolute Gasteiger partial charge is 0.389 e. The average Bonchev–Trinajstić information content (AvgIpc) is 2.11. The Balaban J connectivity index is 2.58. The third-order valence-electron chi connectivity index (χ3n) is 3.54. The highest BCUT2D eigenvalue weighted by atomic mass is 16.3. The maximum atomic E-state index is 10.5. The summed E-state index contributed by atoms with van der Waals surface area (Å²) in [5, 5.41) is 13.9. The van der Waals surface area contributed by atoms with Crippen LogP contribution in [0.1, 0.15) is 40.0 Å². The summed E-state index contributed by atoms with van der Waals surface area (Å²) in [4.78, 5) is 0. The zero-order valence-electron chi connectivity index (χ0n) is 9.14. The van der Waals surface area contributed by atoms with Crippen molar-refractivity contribution in [2.24, 2.45) is 11.8 Å². The lowest BCUT2D eigenvalue weighted by Gasteiger charge is -2.44. The van der Waals surface area contributed by atoms with Gasteiger partial charge in [0.1, 0.15) is 0 Å². The van der Waals surface area contributed by atoms with Crippen molar-refractivity contribution < 1.29 is 5.11 Å². The molecule has 0 aliphatic carbocycles. The van der Waals surface area contributed by atoms with E-state index in [2.05, 4.69) is 26.1 Å². The fourth-order valence-corrected chi connectivity index (χ4v) is 2.31. The molecule has 1 saturated heterocycles. The molecule has 3 atom stereocenters. The van der Waals surface area contributed by atoms with Gasteiger partial charge in [-0.1, -0.05) is 33.6 Å². The van der Waals surface area contributed by atoms with E-state index in [-0.39, 0.29) is 0 Å². The van der Waals surface area contributed by atoms with Gasteiger partial charge < -0.3 is 10.4 Å². The summed E-state index contributed by atoms with van der Waals surface area (Å²) in [5.41, 5.74) is -0.415. The van der Waals surface area contributed by atoms with Gasteiger partial charge in [0.25, 0.3) is 0 Å². The molecule has 78 valence electrons. The molecule has 2 heteroatoms.